The Hall–Kier alpha value is -1.09. The average molecular weight is 315 g/mol. The van der Waals surface area contributed by atoms with Crippen molar-refractivity contribution in [1.29, 1.82) is 5.26 Å². The molecular weight excluding hydrogens is 305 g/mol. The van der Waals surface area contributed by atoms with E-state index in [0.717, 1.165) is 9.13 Å². The molecule has 15 heavy (non-hydrogen) atoms. The molecule has 1 aromatic carbocycles. The molecule has 0 aliphatic rings. The average Bonchev–Trinajstić information content (AvgIpc) is 2.27. The second kappa shape index (κ2) is 5.71. The van der Waals surface area contributed by atoms with Crippen LogP contribution in [0.5, 0.6) is 0 Å². The molecule has 0 radical (unpaired) electrons. The Labute approximate surface area is 102 Å². The van der Waals surface area contributed by atoms with Crippen LogP contribution >= 0.6 is 22.6 Å². The number of carbonyl (C=O) groups excluding carboxylic acids is 1. The monoisotopic (exact) mass is 315 g/mol. The molecule has 1 rings (SSSR count). The van der Waals surface area contributed by atoms with Gasteiger partial charge >= 0.3 is 5.97 Å². The van der Waals surface area contributed by atoms with E-state index < -0.39 is 0 Å². The third-order valence-corrected chi connectivity index (χ3v) is 3.05. The molecule has 0 N–H and O–H groups in total. The molecule has 1 aromatic rings. The van der Waals surface area contributed by atoms with E-state index >= 15 is 0 Å². The molecule has 78 valence electrons. The number of carbonyl (C=O) groups is 1. The number of nitriles is 1. The number of ether oxygens (including phenoxy) is 1. The highest BCUT2D eigenvalue weighted by molar-refractivity contribution is 14.1. The van der Waals surface area contributed by atoms with Crippen LogP contribution in [0.2, 0.25) is 0 Å². The van der Waals surface area contributed by atoms with Crippen LogP contribution in [0.3, 0.4) is 0 Å². The minimum atomic E-state index is -0.229. The fourth-order valence-electron chi connectivity index (χ4n) is 1.17. The standard InChI is InChI=1S/C11H10INO2/c1-15-11(14)5-3-9-6-8(7-13)2-4-10(9)12/h2,4,6H,3,5H2,1H3. The number of hydrogen-bond acceptors (Lipinski definition) is 3. The van der Waals surface area contributed by atoms with Crippen molar-refractivity contribution in [2.45, 2.75) is 12.8 Å². The molecule has 0 heterocycles. The van der Waals surface area contributed by atoms with E-state index in [2.05, 4.69) is 33.4 Å². The molecule has 0 aromatic heterocycles. The highest BCUT2D eigenvalue weighted by Crippen LogP contribution is 2.16. The van der Waals surface area contributed by atoms with Gasteiger partial charge in [0.15, 0.2) is 0 Å². The summed E-state index contributed by atoms with van der Waals surface area (Å²) in [7, 11) is 1.37. The Morgan fingerprint density at radius 3 is 2.93 bits per heavy atom. The molecule has 0 saturated heterocycles. The molecule has 0 amide bonds. The van der Waals surface area contributed by atoms with Gasteiger partial charge in [-0.15, -0.1) is 0 Å². The molecule has 4 heteroatoms. The minimum Gasteiger partial charge on any atom is -0.469 e. The van der Waals surface area contributed by atoms with Gasteiger partial charge < -0.3 is 4.74 Å². The first-order valence-electron chi connectivity index (χ1n) is 4.42. The van der Waals surface area contributed by atoms with Gasteiger partial charge in [-0.2, -0.15) is 5.26 Å². The van der Waals surface area contributed by atoms with E-state index in [1.807, 2.05) is 12.1 Å². The van der Waals surface area contributed by atoms with Crippen LogP contribution in [0.25, 0.3) is 0 Å². The number of hydrogen-bond donors (Lipinski definition) is 0. The van der Waals surface area contributed by atoms with Crippen LogP contribution in [0.1, 0.15) is 17.5 Å². The summed E-state index contributed by atoms with van der Waals surface area (Å²) in [6.45, 7) is 0. The normalized spacial score (nSPS) is 9.40. The van der Waals surface area contributed by atoms with Crippen LogP contribution in [-0.4, -0.2) is 13.1 Å². The van der Waals surface area contributed by atoms with Gasteiger partial charge in [-0.05, 0) is 52.8 Å². The van der Waals surface area contributed by atoms with Gasteiger partial charge in [-0.3, -0.25) is 4.79 Å². The van der Waals surface area contributed by atoms with Gasteiger partial charge in [0, 0.05) is 9.99 Å². The van der Waals surface area contributed by atoms with Gasteiger partial charge in [-0.1, -0.05) is 0 Å². The summed E-state index contributed by atoms with van der Waals surface area (Å²) in [5, 5.41) is 8.73. The third kappa shape index (κ3) is 3.51. The van der Waals surface area contributed by atoms with Crippen molar-refractivity contribution in [3.8, 4) is 6.07 Å². The summed E-state index contributed by atoms with van der Waals surface area (Å²) in [5.41, 5.74) is 1.63. The second-order valence-corrected chi connectivity index (χ2v) is 4.16. The molecule has 0 fully saturated rings. The summed E-state index contributed by atoms with van der Waals surface area (Å²) in [6, 6.07) is 7.53. The van der Waals surface area contributed by atoms with Crippen molar-refractivity contribution in [1.82, 2.24) is 0 Å². The molecule has 0 bridgehead atoms. The lowest BCUT2D eigenvalue weighted by atomic mass is 10.1. The van der Waals surface area contributed by atoms with E-state index in [4.69, 9.17) is 5.26 Å². The van der Waals surface area contributed by atoms with Crippen molar-refractivity contribution < 1.29 is 9.53 Å². The van der Waals surface area contributed by atoms with Crippen LogP contribution in [-0.2, 0) is 16.0 Å². The predicted octanol–water partition coefficient (Wildman–Crippen LogP) is 2.27. The van der Waals surface area contributed by atoms with Crippen molar-refractivity contribution >= 4 is 28.6 Å². The van der Waals surface area contributed by atoms with Gasteiger partial charge in [0.05, 0.1) is 18.7 Å². The zero-order valence-electron chi connectivity index (χ0n) is 8.29. The summed E-state index contributed by atoms with van der Waals surface area (Å²) >= 11 is 2.19. The smallest absolute Gasteiger partial charge is 0.305 e. The highest BCUT2D eigenvalue weighted by Gasteiger charge is 2.05. The van der Waals surface area contributed by atoms with Crippen LogP contribution in [0.4, 0.5) is 0 Å². The zero-order chi connectivity index (χ0) is 11.3. The molecule has 0 aliphatic carbocycles. The van der Waals surface area contributed by atoms with Crippen molar-refractivity contribution in [3.05, 3.63) is 32.9 Å². The molecular formula is C11H10INO2. The summed E-state index contributed by atoms with van der Waals surface area (Å²) in [5.74, 6) is -0.229. The van der Waals surface area contributed by atoms with E-state index in [9.17, 15) is 4.79 Å². The largest absolute Gasteiger partial charge is 0.469 e. The quantitative estimate of drug-likeness (QED) is 0.635. The number of methoxy groups -OCH3 is 1. The van der Waals surface area contributed by atoms with Gasteiger partial charge in [-0.25, -0.2) is 0 Å². The molecule has 3 nitrogen and oxygen atoms in total. The maximum absolute atomic E-state index is 11.0. The Morgan fingerprint density at radius 1 is 1.60 bits per heavy atom. The Morgan fingerprint density at radius 2 is 2.33 bits per heavy atom. The molecule has 0 atom stereocenters. The van der Waals surface area contributed by atoms with E-state index in [0.29, 0.717) is 18.4 Å². The number of esters is 1. The van der Waals surface area contributed by atoms with Crippen LogP contribution in [0, 0.1) is 14.9 Å². The first-order valence-corrected chi connectivity index (χ1v) is 5.50. The third-order valence-electron chi connectivity index (χ3n) is 2.00. The van der Waals surface area contributed by atoms with Crippen molar-refractivity contribution in [3.63, 3.8) is 0 Å². The first-order chi connectivity index (χ1) is 7.17. The number of nitrogens with zero attached hydrogens (tertiary/aromatic N) is 1. The first kappa shape index (κ1) is 12.0. The lowest BCUT2D eigenvalue weighted by Crippen LogP contribution is -2.03. The highest BCUT2D eigenvalue weighted by atomic mass is 127. The van der Waals surface area contributed by atoms with Crippen molar-refractivity contribution in [2.75, 3.05) is 7.11 Å². The van der Waals surface area contributed by atoms with Gasteiger partial charge in [0.1, 0.15) is 0 Å². The topological polar surface area (TPSA) is 50.1 Å². The summed E-state index contributed by atoms with van der Waals surface area (Å²) in [4.78, 5) is 11.0. The molecule has 0 unspecified atom stereocenters. The maximum Gasteiger partial charge on any atom is 0.305 e. The fraction of sp³-hybridized carbons (Fsp3) is 0.273. The summed E-state index contributed by atoms with van der Waals surface area (Å²) in [6.07, 6.45) is 0.960. The molecule has 0 spiro atoms. The second-order valence-electron chi connectivity index (χ2n) is 2.99. The number of aryl methyl sites for hydroxylation is 1. The van der Waals surface area contributed by atoms with E-state index in [1.54, 1.807) is 6.07 Å². The van der Waals surface area contributed by atoms with E-state index in [-0.39, 0.29) is 5.97 Å². The number of rotatable bonds is 3. The zero-order valence-corrected chi connectivity index (χ0v) is 10.4. The number of halogens is 1. The van der Waals surface area contributed by atoms with E-state index in [1.165, 1.54) is 7.11 Å². The molecule has 0 saturated carbocycles. The lowest BCUT2D eigenvalue weighted by molar-refractivity contribution is -0.140. The van der Waals surface area contributed by atoms with Gasteiger partial charge in [0.2, 0.25) is 0 Å². The predicted molar refractivity (Wildman–Crippen MR) is 64.2 cm³/mol. The van der Waals surface area contributed by atoms with Crippen molar-refractivity contribution in [2.24, 2.45) is 0 Å². The fourth-order valence-corrected chi connectivity index (χ4v) is 1.78. The maximum atomic E-state index is 11.0. The van der Waals surface area contributed by atoms with Crippen LogP contribution in [0.15, 0.2) is 18.2 Å². The Kier molecular flexibility index (Phi) is 4.56. The minimum absolute atomic E-state index is 0.229. The number of benzene rings is 1. The van der Waals surface area contributed by atoms with Crippen LogP contribution < -0.4 is 0 Å². The lowest BCUT2D eigenvalue weighted by Gasteiger charge is -2.03. The van der Waals surface area contributed by atoms with Gasteiger partial charge in [0.25, 0.3) is 0 Å². The SMILES string of the molecule is COC(=O)CCc1cc(C#N)ccc1I. The molecule has 0 aliphatic heterocycles. The Bertz CT molecular complexity index is 410. The summed E-state index contributed by atoms with van der Waals surface area (Å²) < 4.78 is 5.63. The Balaban J connectivity index is 2.76.